The summed E-state index contributed by atoms with van der Waals surface area (Å²) >= 11 is 0. The summed E-state index contributed by atoms with van der Waals surface area (Å²) < 4.78 is 52.1. The Morgan fingerprint density at radius 1 is 0.870 bits per heavy atom. The number of carbonyl (C=O) groups is 2. The summed E-state index contributed by atoms with van der Waals surface area (Å²) in [6.07, 6.45) is 0.801. The molecule has 3 aromatic rings. The van der Waals surface area contributed by atoms with E-state index in [1.165, 1.54) is 51.5 Å². The minimum absolute atomic E-state index is 0. The van der Waals surface area contributed by atoms with Gasteiger partial charge in [-0.15, -0.1) is 0 Å². The molecule has 308 valence electrons. The van der Waals surface area contributed by atoms with E-state index in [9.17, 15) is 19.5 Å². The highest BCUT2D eigenvalue weighted by Gasteiger charge is 2.24. The van der Waals surface area contributed by atoms with Crippen molar-refractivity contribution in [2.75, 3.05) is 74.7 Å². The molecule has 19 heteroatoms. The van der Waals surface area contributed by atoms with Gasteiger partial charge in [0.2, 0.25) is 0 Å². The number of aryl methyl sites for hydroxylation is 1. The fraction of sp³-hybridized carbons (Fsp3) is 0.514. The van der Waals surface area contributed by atoms with Gasteiger partial charge in [0.1, 0.15) is 46.0 Å². The zero-order valence-electron chi connectivity index (χ0n) is 30.8. The molecule has 0 bridgehead atoms. The molecule has 18 nitrogen and oxygen atoms in total. The molecule has 0 aliphatic carbocycles. The molecule has 54 heavy (non-hydrogen) atoms. The first-order valence-electron chi connectivity index (χ1n) is 15.9. The van der Waals surface area contributed by atoms with Gasteiger partial charge in [-0.3, -0.25) is 9.59 Å². The molecule has 0 amide bonds. The fourth-order valence-electron chi connectivity index (χ4n) is 4.22. The number of methoxy groups -OCH3 is 4. The first kappa shape index (κ1) is 51.7. The molecule has 0 spiro atoms. The molecular formula is C35H55O18P. The molecule has 0 saturated carbocycles. The van der Waals surface area contributed by atoms with Gasteiger partial charge in [0.05, 0.1) is 59.2 Å². The normalized spacial score (nSPS) is 10.9. The van der Waals surface area contributed by atoms with Gasteiger partial charge in [-0.05, 0) is 37.3 Å². The van der Waals surface area contributed by atoms with E-state index in [-0.39, 0.29) is 38.5 Å². The molecule has 2 aromatic carbocycles. The van der Waals surface area contributed by atoms with E-state index >= 15 is 0 Å². The quantitative estimate of drug-likeness (QED) is 0.0266. The van der Waals surface area contributed by atoms with E-state index in [2.05, 4.69) is 4.67 Å². The van der Waals surface area contributed by atoms with Crippen molar-refractivity contribution in [1.82, 2.24) is 0 Å². The predicted octanol–water partition coefficient (Wildman–Crippen LogP) is 4.31. The Balaban J connectivity index is -0.000000720. The smallest absolute Gasteiger partial charge is 0.521 e. The number of esters is 1. The Morgan fingerprint density at radius 3 is 1.87 bits per heavy atom. The summed E-state index contributed by atoms with van der Waals surface area (Å²) in [7, 11) is 3.12. The molecule has 2 unspecified atom stereocenters. The first-order chi connectivity index (χ1) is 25.2. The van der Waals surface area contributed by atoms with E-state index in [1.54, 1.807) is 21.1 Å². The Morgan fingerprint density at radius 2 is 1.41 bits per heavy atom. The van der Waals surface area contributed by atoms with E-state index in [4.69, 9.17) is 62.5 Å². The number of phenolic OH excluding ortho intramolecular Hbond substituents is 3. The molecule has 0 aliphatic rings. The van der Waals surface area contributed by atoms with Crippen LogP contribution in [0.4, 0.5) is 0 Å². The van der Waals surface area contributed by atoms with E-state index in [1.807, 2.05) is 6.92 Å². The SMILES string of the molecule is C.CCOC(=O)C(CCOCCOC)C(C)=O.COCCOCCc1c(C)c2c(OC)cc(O)cc2oc1=O.COc1cc(O)cc(O)c1.O=[P+]([O-])OO.[HH]. The lowest BCUT2D eigenvalue weighted by atomic mass is 10.0. The minimum Gasteiger partial charge on any atom is -0.565 e. The standard InChI is InChI=1S/C16H20O6.C11H20O5.C7H8O3.CH4.HO4P.H2/c1-10-12(4-5-21-7-6-19-2)16(18)22-14-9-11(17)8-13(20-3)15(10)14;1-4-16-11(13)10(9(2)12)5-6-15-8-7-14-3;1-10-7-3-5(8)2-6(9)4-7;;1-4-5(2)3;/h8-9,17H,4-7H2,1-3H3;10H,4-8H2,1-3H3;2-4,8-9H,1H3;1H4;1H;1H. The van der Waals surface area contributed by atoms with Gasteiger partial charge in [-0.2, -0.15) is 0 Å². The van der Waals surface area contributed by atoms with Crippen molar-refractivity contribution in [3.05, 3.63) is 51.9 Å². The monoisotopic (exact) mass is 794 g/mol. The van der Waals surface area contributed by atoms with Gasteiger partial charge in [-0.1, -0.05) is 7.43 Å². The van der Waals surface area contributed by atoms with Crippen LogP contribution in [0.2, 0.25) is 0 Å². The van der Waals surface area contributed by atoms with Crippen LogP contribution in [-0.2, 0) is 48.9 Å². The summed E-state index contributed by atoms with van der Waals surface area (Å²) in [5.74, 6) is -0.465. The van der Waals surface area contributed by atoms with Crippen LogP contribution in [0.5, 0.6) is 28.7 Å². The average Bonchev–Trinajstić information content (AvgIpc) is 3.10. The second-order valence-electron chi connectivity index (χ2n) is 10.4. The van der Waals surface area contributed by atoms with Crippen molar-refractivity contribution in [1.29, 1.82) is 0 Å². The summed E-state index contributed by atoms with van der Waals surface area (Å²) in [5, 5.41) is 35.1. The van der Waals surface area contributed by atoms with Crippen molar-refractivity contribution < 1.29 is 83.3 Å². The van der Waals surface area contributed by atoms with E-state index in [0.29, 0.717) is 80.5 Å². The van der Waals surface area contributed by atoms with Gasteiger partial charge in [0.15, 0.2) is 0 Å². The van der Waals surface area contributed by atoms with Crippen LogP contribution in [0.15, 0.2) is 39.5 Å². The molecule has 3 rings (SSSR count). The van der Waals surface area contributed by atoms with Gasteiger partial charge >= 0.3 is 19.8 Å². The number of carbonyl (C=O) groups excluding carboxylic acids is 2. The van der Waals surface area contributed by atoms with Gasteiger partial charge < -0.3 is 57.8 Å². The third kappa shape index (κ3) is 20.7. The number of ether oxygens (including phenoxy) is 7. The summed E-state index contributed by atoms with van der Waals surface area (Å²) in [6.45, 7) is 7.93. The number of aromatic hydroxyl groups is 3. The lowest BCUT2D eigenvalue weighted by Gasteiger charge is -2.12. The zero-order valence-corrected chi connectivity index (χ0v) is 31.7. The maximum absolute atomic E-state index is 12.1. The predicted molar refractivity (Wildman–Crippen MR) is 196 cm³/mol. The van der Waals surface area contributed by atoms with Crippen molar-refractivity contribution in [3.63, 3.8) is 0 Å². The number of benzene rings is 2. The molecule has 0 fully saturated rings. The van der Waals surface area contributed by atoms with Crippen molar-refractivity contribution in [3.8, 4) is 28.7 Å². The molecule has 0 aliphatic heterocycles. The van der Waals surface area contributed by atoms with Crippen LogP contribution in [0.3, 0.4) is 0 Å². The molecule has 0 saturated heterocycles. The van der Waals surface area contributed by atoms with Crippen molar-refractivity contribution in [2.24, 2.45) is 5.92 Å². The van der Waals surface area contributed by atoms with Crippen LogP contribution in [0.1, 0.15) is 40.2 Å². The maximum Gasteiger partial charge on any atom is 0.521 e. The topological polar surface area (TPSA) is 259 Å². The number of hydrogen-bond acceptors (Lipinski definition) is 18. The van der Waals surface area contributed by atoms with Crippen LogP contribution >= 0.6 is 8.25 Å². The molecule has 2 atom stereocenters. The average molecular weight is 795 g/mol. The third-order valence-electron chi connectivity index (χ3n) is 6.70. The Labute approximate surface area is 316 Å². The fourth-order valence-corrected chi connectivity index (χ4v) is 4.22. The second kappa shape index (κ2) is 30.0. The van der Waals surface area contributed by atoms with Crippen LogP contribution in [-0.4, -0.2) is 107 Å². The van der Waals surface area contributed by atoms with Crippen molar-refractivity contribution >= 4 is 31.0 Å². The molecule has 1 heterocycles. The van der Waals surface area contributed by atoms with E-state index in [0.717, 1.165) is 5.56 Å². The summed E-state index contributed by atoms with van der Waals surface area (Å²) in [5.41, 5.74) is 1.21. The first-order valence-corrected chi connectivity index (χ1v) is 17.0. The minimum atomic E-state index is -3.04. The maximum atomic E-state index is 12.1. The van der Waals surface area contributed by atoms with Crippen molar-refractivity contribution in [2.45, 2.75) is 41.0 Å². The number of rotatable bonds is 18. The number of ketones is 1. The highest BCUT2D eigenvalue weighted by Crippen LogP contribution is 2.33. The number of phenols is 3. The van der Waals surface area contributed by atoms with Gasteiger partial charge in [-0.25, -0.2) is 10.1 Å². The van der Waals surface area contributed by atoms with Crippen LogP contribution in [0, 0.1) is 12.8 Å². The second-order valence-corrected chi connectivity index (χ2v) is 11.0. The molecule has 0 radical (unpaired) electrons. The third-order valence-corrected chi connectivity index (χ3v) is 6.83. The summed E-state index contributed by atoms with van der Waals surface area (Å²) in [6, 6.07) is 6.97. The number of hydrogen-bond donors (Lipinski definition) is 4. The molecule has 4 N–H and O–H groups in total. The van der Waals surface area contributed by atoms with Crippen LogP contribution in [0.25, 0.3) is 11.0 Å². The highest BCUT2D eigenvalue weighted by atomic mass is 31.1. The highest BCUT2D eigenvalue weighted by molar-refractivity contribution is 7.30. The molecular weight excluding hydrogens is 739 g/mol. The van der Waals surface area contributed by atoms with E-state index < -0.39 is 25.8 Å². The lowest BCUT2D eigenvalue weighted by Crippen LogP contribution is -2.26. The van der Waals surface area contributed by atoms with Gasteiger partial charge in [0.25, 0.3) is 0 Å². The van der Waals surface area contributed by atoms with Crippen LogP contribution < -0.4 is 20.0 Å². The molecule has 1 aromatic heterocycles. The number of fused-ring (bicyclic) bond motifs is 1. The summed E-state index contributed by atoms with van der Waals surface area (Å²) in [4.78, 5) is 43.6. The number of Topliss-reactive ketones (excluding diaryl/α,β-unsaturated/α-hetero) is 1. The van der Waals surface area contributed by atoms with Gasteiger partial charge in [0, 0.05) is 69.2 Å². The lowest BCUT2D eigenvalue weighted by molar-refractivity contribution is -0.244. The Kier molecular flexibility index (Phi) is 28.7. The zero-order chi connectivity index (χ0) is 40.3. The Hall–Kier alpha value is -4.39. The Bertz CT molecular complexity index is 1580. The largest absolute Gasteiger partial charge is 0.565 e.